The minimum atomic E-state index is -0.191. The molecule has 6 nitrogen and oxygen atoms in total. The Bertz CT molecular complexity index is 643. The predicted molar refractivity (Wildman–Crippen MR) is 102 cm³/mol. The number of rotatable bonds is 6. The molecule has 1 aromatic carbocycles. The molecule has 1 saturated carbocycles. The number of nitrogens with one attached hydrogen (secondary N) is 1. The summed E-state index contributed by atoms with van der Waals surface area (Å²) in [5, 5.41) is 3.33. The SMILES string of the molecule is NC(=NCCCCN1C(=O)c2ccccc2C1=O)NC1CCCCCC1. The molecule has 26 heavy (non-hydrogen) atoms. The van der Waals surface area contributed by atoms with Crippen molar-refractivity contribution in [3.63, 3.8) is 0 Å². The molecule has 2 amide bonds. The zero-order valence-corrected chi connectivity index (χ0v) is 15.2. The Balaban J connectivity index is 1.39. The zero-order chi connectivity index (χ0) is 18.4. The second-order valence-corrected chi connectivity index (χ2v) is 7.11. The van der Waals surface area contributed by atoms with Crippen LogP contribution in [-0.2, 0) is 0 Å². The van der Waals surface area contributed by atoms with Crippen molar-refractivity contribution in [1.82, 2.24) is 10.2 Å². The molecule has 2 aliphatic rings. The van der Waals surface area contributed by atoms with Gasteiger partial charge in [0, 0.05) is 19.1 Å². The highest BCUT2D eigenvalue weighted by molar-refractivity contribution is 6.21. The van der Waals surface area contributed by atoms with Crippen LogP contribution in [0.4, 0.5) is 0 Å². The Morgan fingerprint density at radius 3 is 2.27 bits per heavy atom. The van der Waals surface area contributed by atoms with Gasteiger partial charge >= 0.3 is 0 Å². The van der Waals surface area contributed by atoms with Gasteiger partial charge in [0.15, 0.2) is 5.96 Å². The number of amides is 2. The summed E-state index contributed by atoms with van der Waals surface area (Å²) in [7, 11) is 0. The van der Waals surface area contributed by atoms with Gasteiger partial charge in [0.25, 0.3) is 11.8 Å². The largest absolute Gasteiger partial charge is 0.370 e. The van der Waals surface area contributed by atoms with Crippen LogP contribution in [0.3, 0.4) is 0 Å². The van der Waals surface area contributed by atoms with Gasteiger partial charge in [-0.15, -0.1) is 0 Å². The first-order valence-corrected chi connectivity index (χ1v) is 9.68. The van der Waals surface area contributed by atoms with Gasteiger partial charge in [-0.05, 0) is 37.8 Å². The topological polar surface area (TPSA) is 87.8 Å². The minimum absolute atomic E-state index is 0.191. The lowest BCUT2D eigenvalue weighted by Crippen LogP contribution is -2.39. The van der Waals surface area contributed by atoms with Crippen molar-refractivity contribution < 1.29 is 9.59 Å². The van der Waals surface area contributed by atoms with Crippen LogP contribution in [0.25, 0.3) is 0 Å². The third-order valence-corrected chi connectivity index (χ3v) is 5.16. The quantitative estimate of drug-likeness (QED) is 0.270. The van der Waals surface area contributed by atoms with E-state index in [1.807, 2.05) is 0 Å². The van der Waals surface area contributed by atoms with Gasteiger partial charge in [0.05, 0.1) is 11.1 Å². The molecule has 0 atom stereocenters. The monoisotopic (exact) mass is 356 g/mol. The molecule has 3 rings (SSSR count). The molecule has 0 unspecified atom stereocenters. The first kappa shape index (κ1) is 18.4. The molecule has 0 aromatic heterocycles. The van der Waals surface area contributed by atoms with Crippen molar-refractivity contribution in [2.45, 2.75) is 57.4 Å². The van der Waals surface area contributed by atoms with Gasteiger partial charge in [-0.2, -0.15) is 0 Å². The molecule has 3 N–H and O–H groups in total. The van der Waals surface area contributed by atoms with Crippen molar-refractivity contribution in [1.29, 1.82) is 0 Å². The highest BCUT2D eigenvalue weighted by Gasteiger charge is 2.34. The van der Waals surface area contributed by atoms with Crippen molar-refractivity contribution in [2.75, 3.05) is 13.1 Å². The number of aliphatic imine (C=N–C) groups is 1. The number of nitrogens with two attached hydrogens (primary N) is 1. The van der Waals surface area contributed by atoms with E-state index >= 15 is 0 Å². The van der Waals surface area contributed by atoms with Crippen molar-refractivity contribution in [3.8, 4) is 0 Å². The smallest absolute Gasteiger partial charge is 0.261 e. The van der Waals surface area contributed by atoms with Crippen LogP contribution in [0.1, 0.15) is 72.1 Å². The van der Waals surface area contributed by atoms with Gasteiger partial charge in [-0.1, -0.05) is 37.8 Å². The Morgan fingerprint density at radius 2 is 1.65 bits per heavy atom. The fourth-order valence-corrected chi connectivity index (χ4v) is 3.70. The number of nitrogens with zero attached hydrogens (tertiary/aromatic N) is 2. The summed E-state index contributed by atoms with van der Waals surface area (Å²) >= 11 is 0. The highest BCUT2D eigenvalue weighted by atomic mass is 16.2. The van der Waals surface area contributed by atoms with Crippen molar-refractivity contribution in [2.24, 2.45) is 10.7 Å². The lowest BCUT2D eigenvalue weighted by atomic mass is 10.1. The van der Waals surface area contributed by atoms with Crippen molar-refractivity contribution >= 4 is 17.8 Å². The number of benzene rings is 1. The Hall–Kier alpha value is -2.37. The van der Waals surface area contributed by atoms with E-state index in [9.17, 15) is 9.59 Å². The van der Waals surface area contributed by atoms with Crippen LogP contribution in [-0.4, -0.2) is 41.8 Å². The summed E-state index contributed by atoms with van der Waals surface area (Å²) in [4.78, 5) is 30.3. The van der Waals surface area contributed by atoms with Gasteiger partial charge in [-0.3, -0.25) is 19.5 Å². The fraction of sp³-hybridized carbons (Fsp3) is 0.550. The molecule has 1 aliphatic carbocycles. The maximum Gasteiger partial charge on any atom is 0.261 e. The van der Waals surface area contributed by atoms with Crippen LogP contribution in [0.15, 0.2) is 29.3 Å². The number of unbranched alkanes of at least 4 members (excludes halogenated alkanes) is 1. The number of guanidine groups is 1. The van der Waals surface area contributed by atoms with Crippen LogP contribution in [0.5, 0.6) is 0 Å². The molecule has 6 heteroatoms. The molecule has 0 bridgehead atoms. The summed E-state index contributed by atoms with van der Waals surface area (Å²) in [5.74, 6) is 0.130. The molecular weight excluding hydrogens is 328 g/mol. The van der Waals surface area contributed by atoms with E-state index in [0.29, 0.717) is 36.2 Å². The molecule has 0 radical (unpaired) electrons. The number of carbonyl (C=O) groups excluding carboxylic acids is 2. The van der Waals surface area contributed by atoms with E-state index in [1.54, 1.807) is 24.3 Å². The fourth-order valence-electron chi connectivity index (χ4n) is 3.70. The summed E-state index contributed by atoms with van der Waals surface area (Å²) in [5.41, 5.74) is 7.00. The first-order valence-electron chi connectivity index (χ1n) is 9.68. The van der Waals surface area contributed by atoms with Gasteiger partial charge in [-0.25, -0.2) is 0 Å². The maximum atomic E-state index is 12.3. The molecule has 0 saturated heterocycles. The standard InChI is InChI=1S/C20H28N4O2/c21-20(23-15-9-3-1-2-4-10-15)22-13-7-8-14-24-18(25)16-11-5-6-12-17(16)19(24)26/h5-6,11-12,15H,1-4,7-10,13-14H2,(H3,21,22,23). The summed E-state index contributed by atoms with van der Waals surface area (Å²) in [6, 6.07) is 7.43. The summed E-state index contributed by atoms with van der Waals surface area (Å²) in [6.45, 7) is 1.03. The van der Waals surface area contributed by atoms with Gasteiger partial charge < -0.3 is 11.1 Å². The van der Waals surface area contributed by atoms with E-state index in [4.69, 9.17) is 5.73 Å². The number of carbonyl (C=O) groups is 2. The van der Waals surface area contributed by atoms with Crippen LogP contribution in [0, 0.1) is 0 Å². The van der Waals surface area contributed by atoms with E-state index in [1.165, 1.54) is 30.6 Å². The third-order valence-electron chi connectivity index (χ3n) is 5.16. The van der Waals surface area contributed by atoms with E-state index in [0.717, 1.165) is 25.7 Å². The average molecular weight is 356 g/mol. The van der Waals surface area contributed by atoms with Crippen molar-refractivity contribution in [3.05, 3.63) is 35.4 Å². The molecule has 1 aliphatic heterocycles. The van der Waals surface area contributed by atoms with E-state index < -0.39 is 0 Å². The maximum absolute atomic E-state index is 12.3. The molecule has 0 spiro atoms. The third kappa shape index (κ3) is 4.42. The summed E-state index contributed by atoms with van der Waals surface area (Å²) < 4.78 is 0. The zero-order valence-electron chi connectivity index (χ0n) is 15.2. The number of hydrogen-bond donors (Lipinski definition) is 2. The number of hydrogen-bond acceptors (Lipinski definition) is 3. The molecule has 1 heterocycles. The number of fused-ring (bicyclic) bond motifs is 1. The first-order chi connectivity index (χ1) is 12.7. The lowest BCUT2D eigenvalue weighted by molar-refractivity contribution is 0.0652. The Kier molecular flexibility index (Phi) is 6.26. The predicted octanol–water partition coefficient (Wildman–Crippen LogP) is 2.69. The molecular formula is C20H28N4O2. The van der Waals surface area contributed by atoms with Gasteiger partial charge in [0.1, 0.15) is 0 Å². The van der Waals surface area contributed by atoms with E-state index in [-0.39, 0.29) is 11.8 Å². The Labute approximate surface area is 154 Å². The average Bonchev–Trinajstić information content (AvgIpc) is 2.82. The highest BCUT2D eigenvalue weighted by Crippen LogP contribution is 2.22. The second-order valence-electron chi connectivity index (χ2n) is 7.11. The number of imide groups is 1. The molecule has 1 fully saturated rings. The summed E-state index contributed by atoms with van der Waals surface area (Å²) in [6.07, 6.45) is 8.98. The van der Waals surface area contributed by atoms with Crippen LogP contribution in [0.2, 0.25) is 0 Å². The molecule has 1 aromatic rings. The van der Waals surface area contributed by atoms with Gasteiger partial charge in [0.2, 0.25) is 0 Å². The van der Waals surface area contributed by atoms with Crippen LogP contribution >= 0.6 is 0 Å². The Morgan fingerprint density at radius 1 is 1.04 bits per heavy atom. The lowest BCUT2D eigenvalue weighted by Gasteiger charge is -2.16. The van der Waals surface area contributed by atoms with Crippen LogP contribution < -0.4 is 11.1 Å². The van der Waals surface area contributed by atoms with E-state index in [2.05, 4.69) is 10.3 Å². The molecule has 140 valence electrons. The minimum Gasteiger partial charge on any atom is -0.370 e. The normalized spacial score (nSPS) is 18.8. The second kappa shape index (κ2) is 8.83.